The van der Waals surface area contributed by atoms with Gasteiger partial charge in [0, 0.05) is 14.2 Å². The summed E-state index contributed by atoms with van der Waals surface area (Å²) in [6.07, 6.45) is 0.128. The number of ether oxygens (including phenoxy) is 24. The predicted octanol–water partition coefficient (Wildman–Crippen LogP) is 1.02. The van der Waals surface area contributed by atoms with Crippen molar-refractivity contribution in [1.29, 1.82) is 0 Å². The molecule has 0 saturated carbocycles. The number of rotatable bonds is 71. The summed E-state index contributed by atoms with van der Waals surface area (Å²) in [4.78, 5) is 11.4. The highest BCUT2D eigenvalue weighted by Gasteiger charge is 2.15. The van der Waals surface area contributed by atoms with Crippen molar-refractivity contribution < 1.29 is 124 Å². The Morgan fingerprint density at radius 3 is 0.683 bits per heavy atom. The van der Waals surface area contributed by atoms with Crippen molar-refractivity contribution in [3.8, 4) is 11.5 Å². The number of carbonyl (C=O) groups is 1. The van der Waals surface area contributed by atoms with E-state index < -0.39 is 12.0 Å². The minimum atomic E-state index is -1.09. The molecule has 0 amide bonds. The fraction of sp³-hybridized carbons (Fsp3) is 0.873. The Morgan fingerprint density at radius 1 is 0.305 bits per heavy atom. The molecule has 0 radical (unpaired) electrons. The first kappa shape index (κ1) is 77.4. The maximum absolute atomic E-state index is 11.4. The highest BCUT2D eigenvalue weighted by atomic mass is 16.6. The van der Waals surface area contributed by atoms with Crippen LogP contribution in [-0.4, -0.2) is 322 Å². The zero-order chi connectivity index (χ0) is 58.8. The molecule has 0 spiro atoms. The standard InChI is InChI=1S/C55H103NO26/c1-59-5-7-61-9-11-63-13-15-65-17-19-67-21-23-69-25-27-71-29-31-73-33-35-75-37-39-77-41-43-79-45-47-81-53-4-3-51(49-52(56)55(57)58)50-54(53)82-48-46-80-44-42-78-40-38-76-36-34-74-32-30-72-28-26-70-24-22-68-20-18-66-16-14-64-12-10-62-8-6-60-2/h3-4,50,52H,5-49,56H2,1-2H3,(H,57,58)/t52-/m0/s1. The molecule has 0 saturated heterocycles. The van der Waals surface area contributed by atoms with Gasteiger partial charge in [-0.25, -0.2) is 0 Å². The van der Waals surface area contributed by atoms with Crippen LogP contribution < -0.4 is 15.2 Å². The van der Waals surface area contributed by atoms with Crippen LogP contribution in [0.4, 0.5) is 0 Å². The van der Waals surface area contributed by atoms with E-state index in [-0.39, 0.29) is 19.6 Å². The Kier molecular flexibility index (Phi) is 62.2. The molecule has 0 unspecified atom stereocenters. The summed E-state index contributed by atoms with van der Waals surface area (Å²) in [7, 11) is 3.28. The van der Waals surface area contributed by atoms with E-state index in [4.69, 9.17) is 119 Å². The quantitative estimate of drug-likeness (QED) is 0.0861. The Hall–Kier alpha value is -2.63. The minimum Gasteiger partial charge on any atom is -0.487 e. The monoisotopic (exact) mass is 1190 g/mol. The molecule has 0 aliphatic carbocycles. The van der Waals surface area contributed by atoms with Gasteiger partial charge in [0.25, 0.3) is 0 Å². The summed E-state index contributed by atoms with van der Waals surface area (Å²) in [5.74, 6) is -0.172. The number of aliphatic carboxylic acids is 1. The molecule has 1 rings (SSSR count). The first-order chi connectivity index (χ1) is 40.6. The molecular formula is C55H103NO26. The van der Waals surface area contributed by atoms with E-state index in [1.165, 1.54) is 0 Å². The second kappa shape index (κ2) is 65.9. The lowest BCUT2D eigenvalue weighted by atomic mass is 10.1. The molecule has 0 fully saturated rings. The average molecular weight is 1190 g/mol. The highest BCUT2D eigenvalue weighted by molar-refractivity contribution is 5.73. The zero-order valence-electron chi connectivity index (χ0n) is 49.4. The zero-order valence-corrected chi connectivity index (χ0v) is 49.4. The molecule has 82 heavy (non-hydrogen) atoms. The number of hydrogen-bond acceptors (Lipinski definition) is 26. The summed E-state index contributed by atoms with van der Waals surface area (Å²) in [6, 6.07) is 4.15. The number of methoxy groups -OCH3 is 2. The molecule has 484 valence electrons. The van der Waals surface area contributed by atoms with E-state index in [0.717, 1.165) is 0 Å². The van der Waals surface area contributed by atoms with Gasteiger partial charge in [0.15, 0.2) is 11.5 Å². The number of carboxylic acid groups (broad SMARTS) is 1. The van der Waals surface area contributed by atoms with Crippen LogP contribution in [0.1, 0.15) is 5.56 Å². The lowest BCUT2D eigenvalue weighted by molar-refractivity contribution is -0.138. The Labute approximate surface area is 486 Å². The fourth-order valence-electron chi connectivity index (χ4n) is 6.12. The van der Waals surface area contributed by atoms with Gasteiger partial charge in [-0.15, -0.1) is 0 Å². The number of carboxylic acids is 1. The largest absolute Gasteiger partial charge is 0.487 e. The Bertz CT molecular complexity index is 1430. The van der Waals surface area contributed by atoms with E-state index >= 15 is 0 Å². The number of nitrogens with two attached hydrogens (primary N) is 1. The van der Waals surface area contributed by atoms with Crippen LogP contribution in [0, 0.1) is 0 Å². The summed E-state index contributed by atoms with van der Waals surface area (Å²) < 4.78 is 132. The van der Waals surface area contributed by atoms with E-state index in [2.05, 4.69) is 0 Å². The van der Waals surface area contributed by atoms with Crippen LogP contribution in [0.15, 0.2) is 18.2 Å². The summed E-state index contributed by atoms with van der Waals surface area (Å²) in [5, 5.41) is 9.29. The van der Waals surface area contributed by atoms with Crippen LogP contribution in [0.2, 0.25) is 0 Å². The second-order valence-corrected chi connectivity index (χ2v) is 16.9. The van der Waals surface area contributed by atoms with Crippen molar-refractivity contribution in [1.82, 2.24) is 0 Å². The minimum absolute atomic E-state index is 0.128. The number of benzene rings is 1. The van der Waals surface area contributed by atoms with Crippen molar-refractivity contribution >= 4 is 5.97 Å². The van der Waals surface area contributed by atoms with Gasteiger partial charge in [-0.3, -0.25) is 4.79 Å². The lowest BCUT2D eigenvalue weighted by Gasteiger charge is -2.15. The first-order valence-electron chi connectivity index (χ1n) is 28.5. The van der Waals surface area contributed by atoms with Crippen LogP contribution >= 0.6 is 0 Å². The molecule has 0 aromatic heterocycles. The summed E-state index contributed by atoms with van der Waals surface area (Å²) >= 11 is 0. The molecule has 0 heterocycles. The molecule has 1 aromatic carbocycles. The van der Waals surface area contributed by atoms with Crippen molar-refractivity contribution in [2.75, 3.05) is 305 Å². The smallest absolute Gasteiger partial charge is 0.320 e. The summed E-state index contributed by atoms with van der Waals surface area (Å²) in [6.45, 7) is 20.2. The van der Waals surface area contributed by atoms with Gasteiger partial charge in [-0.05, 0) is 24.1 Å². The molecule has 27 heteroatoms. The molecular weight excluding hydrogens is 1090 g/mol. The van der Waals surface area contributed by atoms with Gasteiger partial charge in [-0.2, -0.15) is 0 Å². The predicted molar refractivity (Wildman–Crippen MR) is 297 cm³/mol. The molecule has 1 aromatic rings. The molecule has 1 atom stereocenters. The van der Waals surface area contributed by atoms with Crippen molar-refractivity contribution in [2.24, 2.45) is 5.73 Å². The van der Waals surface area contributed by atoms with Crippen LogP contribution in [-0.2, 0) is 115 Å². The van der Waals surface area contributed by atoms with Crippen LogP contribution in [0.25, 0.3) is 0 Å². The van der Waals surface area contributed by atoms with E-state index in [1.807, 2.05) is 0 Å². The first-order valence-corrected chi connectivity index (χ1v) is 28.5. The molecule has 0 aliphatic rings. The van der Waals surface area contributed by atoms with Crippen LogP contribution in [0.3, 0.4) is 0 Å². The van der Waals surface area contributed by atoms with E-state index in [1.54, 1.807) is 32.4 Å². The molecule has 27 nitrogen and oxygen atoms in total. The van der Waals surface area contributed by atoms with Gasteiger partial charge >= 0.3 is 5.97 Å². The average Bonchev–Trinajstić information content (AvgIpc) is 3.48. The molecule has 0 bridgehead atoms. The molecule has 3 N–H and O–H groups in total. The lowest BCUT2D eigenvalue weighted by Crippen LogP contribution is -2.32. The Balaban J connectivity index is 1.93. The van der Waals surface area contributed by atoms with E-state index in [9.17, 15) is 9.90 Å². The second-order valence-electron chi connectivity index (χ2n) is 16.9. The highest BCUT2D eigenvalue weighted by Crippen LogP contribution is 2.29. The molecule has 0 aliphatic heterocycles. The van der Waals surface area contributed by atoms with Gasteiger partial charge in [0.05, 0.1) is 277 Å². The third kappa shape index (κ3) is 57.8. The van der Waals surface area contributed by atoms with Gasteiger partial charge < -0.3 is 125 Å². The topological polar surface area (TPSA) is 285 Å². The van der Waals surface area contributed by atoms with Gasteiger partial charge in [0.2, 0.25) is 0 Å². The third-order valence-electron chi connectivity index (χ3n) is 10.3. The van der Waals surface area contributed by atoms with Gasteiger partial charge in [-0.1, -0.05) is 6.07 Å². The fourth-order valence-corrected chi connectivity index (χ4v) is 6.12. The van der Waals surface area contributed by atoms with E-state index in [0.29, 0.717) is 295 Å². The maximum Gasteiger partial charge on any atom is 0.320 e. The number of hydrogen-bond donors (Lipinski definition) is 2. The normalized spacial score (nSPS) is 12.0. The third-order valence-corrected chi connectivity index (χ3v) is 10.3. The van der Waals surface area contributed by atoms with Crippen molar-refractivity contribution in [2.45, 2.75) is 12.5 Å². The Morgan fingerprint density at radius 2 is 0.488 bits per heavy atom. The maximum atomic E-state index is 11.4. The van der Waals surface area contributed by atoms with Crippen molar-refractivity contribution in [3.63, 3.8) is 0 Å². The SMILES string of the molecule is COCCOCCOCCOCCOCCOCCOCCOCCOCCOCCOCCOc1ccc(C[C@H](N)C(=O)O)cc1OCCOCCOCCOCCOCCOCCOCCOCCOCCOCCOCCOC. The van der Waals surface area contributed by atoms with Gasteiger partial charge in [0.1, 0.15) is 19.3 Å². The van der Waals surface area contributed by atoms with Crippen LogP contribution in [0.5, 0.6) is 11.5 Å². The van der Waals surface area contributed by atoms with Crippen molar-refractivity contribution in [3.05, 3.63) is 23.8 Å². The summed E-state index contributed by atoms with van der Waals surface area (Å²) in [5.41, 5.74) is 6.47.